The number of H-pyrrole nitrogens is 1. The van der Waals surface area contributed by atoms with Crippen molar-refractivity contribution in [2.24, 2.45) is 0 Å². The van der Waals surface area contributed by atoms with Crippen molar-refractivity contribution in [2.45, 2.75) is 13.3 Å². The molecule has 26 heavy (non-hydrogen) atoms. The molecule has 1 amide bonds. The summed E-state index contributed by atoms with van der Waals surface area (Å²) in [5.41, 5.74) is 1.89. The second-order valence-electron chi connectivity index (χ2n) is 5.84. The van der Waals surface area contributed by atoms with E-state index in [9.17, 15) is 14.1 Å². The van der Waals surface area contributed by atoms with Crippen molar-refractivity contribution in [1.82, 2.24) is 4.98 Å². The van der Waals surface area contributed by atoms with Crippen LogP contribution in [0, 0.1) is 10.7 Å². The highest BCUT2D eigenvalue weighted by atomic mass is 19.1. The van der Waals surface area contributed by atoms with Crippen LogP contribution in [0.4, 0.5) is 21.5 Å². The summed E-state index contributed by atoms with van der Waals surface area (Å²) in [6.45, 7) is 1.70. The third kappa shape index (κ3) is 3.64. The van der Waals surface area contributed by atoms with Gasteiger partial charge >= 0.3 is 5.69 Å². The molecule has 0 saturated heterocycles. The van der Waals surface area contributed by atoms with Crippen molar-refractivity contribution in [2.75, 3.05) is 17.2 Å². The molecule has 0 spiro atoms. The topological polar surface area (TPSA) is 97.2 Å². The number of rotatable bonds is 6. The number of amides is 1. The molecule has 0 fully saturated rings. The van der Waals surface area contributed by atoms with Crippen molar-refractivity contribution < 1.29 is 19.3 Å². The molecule has 3 aromatic rings. The van der Waals surface area contributed by atoms with Gasteiger partial charge < -0.3 is 15.6 Å². The minimum absolute atomic E-state index is 0.0194. The van der Waals surface area contributed by atoms with Crippen LogP contribution in [0.5, 0.6) is 0 Å². The fourth-order valence-corrected chi connectivity index (χ4v) is 2.82. The van der Waals surface area contributed by atoms with Crippen LogP contribution in [0.25, 0.3) is 10.9 Å². The lowest BCUT2D eigenvalue weighted by Crippen LogP contribution is -2.11. The van der Waals surface area contributed by atoms with E-state index in [2.05, 4.69) is 15.6 Å². The Hall–Kier alpha value is -3.42. The van der Waals surface area contributed by atoms with Crippen LogP contribution >= 0.6 is 0 Å². The van der Waals surface area contributed by atoms with E-state index in [1.54, 1.807) is 0 Å². The van der Waals surface area contributed by atoms with Crippen molar-refractivity contribution in [3.63, 3.8) is 0 Å². The number of carbonyl (C=O) groups excluding carboxylic acids is 1. The van der Waals surface area contributed by atoms with Crippen molar-refractivity contribution in [3.05, 3.63) is 58.9 Å². The Morgan fingerprint density at radius 1 is 1.27 bits per heavy atom. The molecule has 1 aromatic heterocycles. The number of aromatic amines is 1. The Labute approximate surface area is 148 Å². The summed E-state index contributed by atoms with van der Waals surface area (Å²) in [6, 6.07) is 10.0. The van der Waals surface area contributed by atoms with Gasteiger partial charge in [-0.1, -0.05) is 18.2 Å². The molecule has 0 aliphatic rings. The number of para-hydroxylation sites is 1. The normalized spacial score (nSPS) is 10.7. The second-order valence-corrected chi connectivity index (χ2v) is 5.84. The Balaban J connectivity index is 1.76. The lowest BCUT2D eigenvalue weighted by Gasteiger charge is -2.09. The molecule has 134 valence electrons. The zero-order valence-electron chi connectivity index (χ0n) is 14.0. The molecule has 7 nitrogen and oxygen atoms in total. The summed E-state index contributed by atoms with van der Waals surface area (Å²) >= 11 is 0. The predicted molar refractivity (Wildman–Crippen MR) is 96.3 cm³/mol. The lowest BCUT2D eigenvalue weighted by molar-refractivity contribution is -0.729. The average Bonchev–Trinajstić information content (AvgIpc) is 3.00. The number of benzene rings is 2. The SMILES string of the molecule is CC(=O)Nc1cc(NCCc2c[nH]c3ccccc23)c(F)cc1[N+](=O)O. The fraction of sp³-hybridized carbons (Fsp3) is 0.167. The van der Waals surface area contributed by atoms with E-state index in [4.69, 9.17) is 5.21 Å². The molecule has 4 N–H and O–H groups in total. The van der Waals surface area contributed by atoms with Crippen molar-refractivity contribution in [1.29, 1.82) is 0 Å². The largest absolute Gasteiger partial charge is 0.382 e. The van der Waals surface area contributed by atoms with Crippen LogP contribution in [0.15, 0.2) is 42.6 Å². The van der Waals surface area contributed by atoms with Gasteiger partial charge in [0.15, 0.2) is 5.82 Å². The molecule has 0 aliphatic heterocycles. The standard InChI is InChI=1S/C18H17FN4O3/c1-11(24)22-17-9-16(14(19)8-18(17)23(25)26)20-7-6-12-10-21-15-5-3-2-4-13(12)15/h2-5,8-10,20-21H,6-7H2,1H3,(H-,22,24,25,26)/p+1. The second kappa shape index (κ2) is 7.22. The molecular weight excluding hydrogens is 339 g/mol. The first kappa shape index (κ1) is 17.4. The zero-order valence-corrected chi connectivity index (χ0v) is 14.0. The van der Waals surface area contributed by atoms with Crippen LogP contribution in [0.1, 0.15) is 12.5 Å². The van der Waals surface area contributed by atoms with Gasteiger partial charge in [0.25, 0.3) is 4.92 Å². The Morgan fingerprint density at radius 2 is 2.04 bits per heavy atom. The maximum Gasteiger partial charge on any atom is 0.342 e. The Morgan fingerprint density at radius 3 is 2.77 bits per heavy atom. The molecule has 1 heterocycles. The van der Waals surface area contributed by atoms with Gasteiger partial charge in [-0.15, -0.1) is 0 Å². The molecule has 3 rings (SSSR count). The summed E-state index contributed by atoms with van der Waals surface area (Å²) in [5.74, 6) is -1.15. The number of nitrogens with zero attached hydrogens (tertiary/aromatic N) is 1. The van der Waals surface area contributed by atoms with Crippen LogP contribution in [-0.4, -0.2) is 27.6 Å². The minimum Gasteiger partial charge on any atom is -0.382 e. The van der Waals surface area contributed by atoms with Crippen LogP contribution < -0.4 is 10.6 Å². The first-order valence-electron chi connectivity index (χ1n) is 8.02. The Kier molecular flexibility index (Phi) is 4.83. The van der Waals surface area contributed by atoms with Gasteiger partial charge in [-0.3, -0.25) is 4.79 Å². The molecule has 0 radical (unpaired) electrons. The summed E-state index contributed by atoms with van der Waals surface area (Å²) in [4.78, 5) is 25.1. The van der Waals surface area contributed by atoms with E-state index < -0.39 is 16.6 Å². The number of anilines is 2. The summed E-state index contributed by atoms with van der Waals surface area (Å²) in [5, 5.41) is 15.5. The van der Waals surface area contributed by atoms with E-state index in [0.29, 0.717) is 13.0 Å². The fourth-order valence-electron chi connectivity index (χ4n) is 2.82. The molecule has 2 aromatic carbocycles. The van der Waals surface area contributed by atoms with Crippen LogP contribution in [0.3, 0.4) is 0 Å². The number of carbonyl (C=O) groups is 1. The molecule has 0 saturated carbocycles. The maximum atomic E-state index is 14.2. The van der Waals surface area contributed by atoms with Gasteiger partial charge in [0.1, 0.15) is 5.69 Å². The van der Waals surface area contributed by atoms with E-state index in [1.807, 2.05) is 30.5 Å². The average molecular weight is 357 g/mol. The first-order chi connectivity index (χ1) is 12.5. The van der Waals surface area contributed by atoms with Gasteiger partial charge in [0.05, 0.1) is 16.7 Å². The molecule has 8 heteroatoms. The number of hydrogen-bond acceptors (Lipinski definition) is 3. The van der Waals surface area contributed by atoms with Crippen LogP contribution in [-0.2, 0) is 11.2 Å². The minimum atomic E-state index is -0.706. The number of fused-ring (bicyclic) bond motifs is 1. The Bertz CT molecular complexity index is 984. The van der Waals surface area contributed by atoms with Crippen molar-refractivity contribution in [3.8, 4) is 0 Å². The maximum absolute atomic E-state index is 14.2. The lowest BCUT2D eigenvalue weighted by atomic mass is 10.1. The quantitative estimate of drug-likeness (QED) is 0.506. The van der Waals surface area contributed by atoms with Gasteiger partial charge in [0, 0.05) is 30.6 Å². The highest BCUT2D eigenvalue weighted by Gasteiger charge is 2.23. The third-order valence-electron chi connectivity index (χ3n) is 3.99. The summed E-state index contributed by atoms with van der Waals surface area (Å²) < 4.78 is 14.2. The number of nitrogens with one attached hydrogen (secondary N) is 3. The van der Waals surface area contributed by atoms with Crippen molar-refractivity contribution >= 4 is 33.9 Å². The van der Waals surface area contributed by atoms with E-state index >= 15 is 0 Å². The van der Waals surface area contributed by atoms with Gasteiger partial charge in [0.2, 0.25) is 5.91 Å². The summed E-state index contributed by atoms with van der Waals surface area (Å²) in [7, 11) is 0. The van der Waals surface area contributed by atoms with Gasteiger partial charge in [-0.25, -0.2) is 9.60 Å². The van der Waals surface area contributed by atoms with Crippen LogP contribution in [0.2, 0.25) is 0 Å². The summed E-state index contributed by atoms with van der Waals surface area (Å²) in [6.07, 6.45) is 2.56. The van der Waals surface area contributed by atoms with Gasteiger partial charge in [-0.2, -0.15) is 0 Å². The monoisotopic (exact) mass is 357 g/mol. The molecule has 0 aliphatic carbocycles. The zero-order chi connectivity index (χ0) is 18.7. The van der Waals surface area contributed by atoms with E-state index in [1.165, 1.54) is 13.0 Å². The first-order valence-corrected chi connectivity index (χ1v) is 8.02. The van der Waals surface area contributed by atoms with Gasteiger partial charge in [-0.05, 0) is 24.1 Å². The molecule has 0 unspecified atom stereocenters. The third-order valence-corrected chi connectivity index (χ3v) is 3.99. The number of halogens is 1. The highest BCUT2D eigenvalue weighted by molar-refractivity contribution is 5.92. The number of aromatic nitrogens is 1. The smallest absolute Gasteiger partial charge is 0.342 e. The molecule has 0 atom stereocenters. The molecular formula is C18H18FN4O3+. The molecule has 0 bridgehead atoms. The predicted octanol–water partition coefficient (Wildman–Crippen LogP) is 3.72. The van der Waals surface area contributed by atoms with E-state index in [0.717, 1.165) is 22.5 Å². The number of hydrogen-bond donors (Lipinski definition) is 4. The van der Waals surface area contributed by atoms with E-state index in [-0.39, 0.29) is 17.1 Å². The highest BCUT2D eigenvalue weighted by Crippen LogP contribution is 2.30.